The minimum Gasteiger partial charge on any atom is -0.330 e. The zero-order valence-corrected chi connectivity index (χ0v) is 21.3. The number of hydrogen-bond donors (Lipinski definition) is 0. The smallest absolute Gasteiger partial charge is 0.330 e. The molecule has 0 saturated carbocycles. The van der Waals surface area contributed by atoms with E-state index >= 15 is 0 Å². The van der Waals surface area contributed by atoms with Gasteiger partial charge in [0.1, 0.15) is 6.54 Å². The summed E-state index contributed by atoms with van der Waals surface area (Å²) in [5, 5.41) is 2.03. The lowest BCUT2D eigenvalue weighted by molar-refractivity contribution is -0.137. The van der Waals surface area contributed by atoms with Crippen LogP contribution in [0.3, 0.4) is 0 Å². The molecule has 2 heterocycles. The Labute approximate surface area is 213 Å². The van der Waals surface area contributed by atoms with Crippen LogP contribution >= 0.6 is 11.3 Å². The molecule has 2 aromatic carbocycles. The van der Waals surface area contributed by atoms with Crippen molar-refractivity contribution in [1.82, 2.24) is 9.80 Å². The molecule has 1 aliphatic rings. The standard InChI is InChI=1S/C28H29F3N2O2S/c1-4-19(3)33(27(35)20-9-7-10-21(16-20)28(29,30)31)17-25(34)32-14-12-24-23(13-15-36-24)26(32)22-11-6-5-8-18(22)2/h5-11,13,15-16,19,26H,4,12,14,17H2,1-3H3. The summed E-state index contributed by atoms with van der Waals surface area (Å²) in [6.07, 6.45) is -3.26. The normalized spacial score (nSPS) is 16.4. The average Bonchev–Trinajstić information content (AvgIpc) is 3.35. The number of hydrogen-bond acceptors (Lipinski definition) is 3. The van der Waals surface area contributed by atoms with Gasteiger partial charge in [-0.25, -0.2) is 0 Å². The van der Waals surface area contributed by atoms with E-state index in [1.165, 1.54) is 21.9 Å². The van der Waals surface area contributed by atoms with E-state index in [9.17, 15) is 22.8 Å². The quantitative estimate of drug-likeness (QED) is 0.377. The number of alkyl halides is 3. The summed E-state index contributed by atoms with van der Waals surface area (Å²) in [5.74, 6) is -0.801. The molecule has 0 radical (unpaired) electrons. The number of rotatable bonds is 6. The van der Waals surface area contributed by atoms with Crippen molar-refractivity contribution in [2.75, 3.05) is 13.1 Å². The van der Waals surface area contributed by atoms with Gasteiger partial charge in [-0.2, -0.15) is 13.2 Å². The van der Waals surface area contributed by atoms with Crippen LogP contribution in [0.25, 0.3) is 0 Å². The van der Waals surface area contributed by atoms with Crippen LogP contribution in [0.15, 0.2) is 60.0 Å². The minimum absolute atomic E-state index is 0.0767. The van der Waals surface area contributed by atoms with E-state index in [1.54, 1.807) is 11.3 Å². The van der Waals surface area contributed by atoms with Gasteiger partial charge in [-0.05, 0) is 73.0 Å². The van der Waals surface area contributed by atoms with Crippen molar-refractivity contribution >= 4 is 23.2 Å². The first kappa shape index (κ1) is 25.9. The maximum atomic E-state index is 13.8. The summed E-state index contributed by atoms with van der Waals surface area (Å²) >= 11 is 1.68. The first-order chi connectivity index (χ1) is 17.1. The van der Waals surface area contributed by atoms with Crippen LogP contribution < -0.4 is 0 Å². The van der Waals surface area contributed by atoms with Gasteiger partial charge >= 0.3 is 6.18 Å². The molecule has 4 rings (SSSR count). The lowest BCUT2D eigenvalue weighted by atomic mass is 9.90. The van der Waals surface area contributed by atoms with Gasteiger partial charge in [0.15, 0.2) is 0 Å². The molecular formula is C28H29F3N2O2S. The first-order valence-electron chi connectivity index (χ1n) is 12.0. The molecule has 36 heavy (non-hydrogen) atoms. The SMILES string of the molecule is CCC(C)N(CC(=O)N1CCc2sccc2C1c1ccccc1C)C(=O)c1cccc(C(F)(F)F)c1. The Bertz CT molecular complexity index is 1250. The van der Waals surface area contributed by atoms with Crippen LogP contribution in [-0.2, 0) is 17.4 Å². The summed E-state index contributed by atoms with van der Waals surface area (Å²) in [7, 11) is 0. The van der Waals surface area contributed by atoms with Crippen molar-refractivity contribution < 1.29 is 22.8 Å². The van der Waals surface area contributed by atoms with E-state index in [-0.39, 0.29) is 30.1 Å². The largest absolute Gasteiger partial charge is 0.416 e. The van der Waals surface area contributed by atoms with Gasteiger partial charge in [-0.3, -0.25) is 9.59 Å². The molecule has 190 valence electrons. The average molecular weight is 515 g/mol. The third-order valence-corrected chi connectivity index (χ3v) is 7.89. The third kappa shape index (κ3) is 5.19. The van der Waals surface area contributed by atoms with Crippen LogP contribution in [0.2, 0.25) is 0 Å². The zero-order chi connectivity index (χ0) is 26.0. The molecule has 1 aliphatic heterocycles. The van der Waals surface area contributed by atoms with Crippen LogP contribution in [0.5, 0.6) is 0 Å². The second-order valence-corrected chi connectivity index (χ2v) is 10.2. The number of amides is 2. The van der Waals surface area contributed by atoms with E-state index in [2.05, 4.69) is 6.07 Å². The maximum absolute atomic E-state index is 13.8. The van der Waals surface area contributed by atoms with Gasteiger partial charge < -0.3 is 9.80 Å². The molecule has 0 bridgehead atoms. The van der Waals surface area contributed by atoms with E-state index < -0.39 is 17.6 Å². The molecule has 0 fully saturated rings. The summed E-state index contributed by atoms with van der Waals surface area (Å²) < 4.78 is 39.8. The third-order valence-electron chi connectivity index (χ3n) is 6.90. The van der Waals surface area contributed by atoms with E-state index in [1.807, 2.05) is 55.3 Å². The van der Waals surface area contributed by atoms with Crippen molar-refractivity contribution in [2.24, 2.45) is 0 Å². The number of carbonyl (C=O) groups excluding carboxylic acids is 2. The highest BCUT2D eigenvalue weighted by Crippen LogP contribution is 2.39. The van der Waals surface area contributed by atoms with Crippen molar-refractivity contribution in [2.45, 2.75) is 51.9 Å². The highest BCUT2D eigenvalue weighted by atomic mass is 32.1. The van der Waals surface area contributed by atoms with Crippen LogP contribution in [-0.4, -0.2) is 40.7 Å². The number of benzene rings is 2. The van der Waals surface area contributed by atoms with Crippen LogP contribution in [0.1, 0.15) is 63.8 Å². The number of thiophene rings is 1. The molecule has 2 unspecified atom stereocenters. The first-order valence-corrected chi connectivity index (χ1v) is 12.9. The fourth-order valence-electron chi connectivity index (χ4n) is 4.69. The number of nitrogens with zero attached hydrogens (tertiary/aromatic N) is 2. The topological polar surface area (TPSA) is 40.6 Å². The molecule has 4 nitrogen and oxygen atoms in total. The Balaban J connectivity index is 1.65. The van der Waals surface area contributed by atoms with Crippen molar-refractivity contribution in [1.29, 1.82) is 0 Å². The van der Waals surface area contributed by atoms with E-state index in [0.29, 0.717) is 13.0 Å². The van der Waals surface area contributed by atoms with Gasteiger partial charge in [0, 0.05) is 23.0 Å². The summed E-state index contributed by atoms with van der Waals surface area (Å²) in [6, 6.07) is 13.8. The van der Waals surface area contributed by atoms with Crippen molar-refractivity contribution in [3.63, 3.8) is 0 Å². The predicted octanol–water partition coefficient (Wildman–Crippen LogP) is 6.49. The molecular weight excluding hydrogens is 485 g/mol. The van der Waals surface area contributed by atoms with Crippen LogP contribution in [0.4, 0.5) is 13.2 Å². The number of carbonyl (C=O) groups is 2. The number of fused-ring (bicyclic) bond motifs is 1. The summed E-state index contributed by atoms with van der Waals surface area (Å²) in [5.41, 5.74) is 2.23. The molecule has 0 aliphatic carbocycles. The number of halogens is 3. The van der Waals surface area contributed by atoms with Gasteiger partial charge in [0.05, 0.1) is 11.6 Å². The van der Waals surface area contributed by atoms with Gasteiger partial charge in [0.25, 0.3) is 5.91 Å². The molecule has 8 heteroatoms. The van der Waals surface area contributed by atoms with E-state index in [4.69, 9.17) is 0 Å². The molecule has 2 amide bonds. The highest BCUT2D eigenvalue weighted by Gasteiger charge is 2.36. The second kappa shape index (κ2) is 10.5. The summed E-state index contributed by atoms with van der Waals surface area (Å²) in [4.78, 5) is 31.6. The Kier molecular flexibility index (Phi) is 7.54. The minimum atomic E-state index is -4.56. The van der Waals surface area contributed by atoms with Gasteiger partial charge in [0.2, 0.25) is 5.91 Å². The second-order valence-electron chi connectivity index (χ2n) is 9.16. The molecule has 1 aromatic heterocycles. The maximum Gasteiger partial charge on any atom is 0.416 e. The summed E-state index contributed by atoms with van der Waals surface area (Å²) in [6.45, 7) is 6.02. The number of aryl methyl sites for hydroxylation is 1. The van der Waals surface area contributed by atoms with Gasteiger partial charge in [-0.1, -0.05) is 37.3 Å². The molecule has 3 aromatic rings. The fourth-order valence-corrected chi connectivity index (χ4v) is 5.60. The molecule has 0 saturated heterocycles. The van der Waals surface area contributed by atoms with Crippen LogP contribution in [0, 0.1) is 6.92 Å². The fraction of sp³-hybridized carbons (Fsp3) is 0.357. The lowest BCUT2D eigenvalue weighted by Gasteiger charge is -2.39. The molecule has 0 spiro atoms. The highest BCUT2D eigenvalue weighted by molar-refractivity contribution is 7.10. The Hall–Kier alpha value is -3.13. The molecule has 2 atom stereocenters. The Morgan fingerprint density at radius 3 is 2.56 bits per heavy atom. The monoisotopic (exact) mass is 514 g/mol. The molecule has 0 N–H and O–H groups in total. The van der Waals surface area contributed by atoms with Crippen molar-refractivity contribution in [3.05, 3.63) is 92.7 Å². The Morgan fingerprint density at radius 2 is 1.86 bits per heavy atom. The Morgan fingerprint density at radius 1 is 1.11 bits per heavy atom. The lowest BCUT2D eigenvalue weighted by Crippen LogP contribution is -2.49. The van der Waals surface area contributed by atoms with Crippen molar-refractivity contribution in [3.8, 4) is 0 Å². The van der Waals surface area contributed by atoms with Gasteiger partial charge in [-0.15, -0.1) is 11.3 Å². The predicted molar refractivity (Wildman–Crippen MR) is 135 cm³/mol. The van der Waals surface area contributed by atoms with E-state index in [0.717, 1.165) is 35.2 Å². The zero-order valence-electron chi connectivity index (χ0n) is 20.5.